The molecule has 1 atom stereocenters. The molecule has 77 heavy (non-hydrogen) atoms. The van der Waals surface area contributed by atoms with Crippen molar-refractivity contribution in [3.05, 3.63) is 97.2 Å². The first-order valence-electron chi connectivity index (χ1n) is 32.7. The molecule has 442 valence electrons. The Hall–Kier alpha value is -3.67. The van der Waals surface area contributed by atoms with Crippen molar-refractivity contribution in [2.45, 2.75) is 322 Å². The maximum atomic E-state index is 12.9. The van der Waals surface area contributed by atoms with Crippen molar-refractivity contribution in [3.63, 3.8) is 0 Å². The van der Waals surface area contributed by atoms with E-state index in [9.17, 15) is 14.4 Å². The summed E-state index contributed by atoms with van der Waals surface area (Å²) in [6.45, 7) is 6.50. The molecule has 6 heteroatoms. The zero-order valence-electron chi connectivity index (χ0n) is 50.7. The SMILES string of the molecule is CC/C=C\C/C=C\C/C=C\C/C=C\C/C=C\C/C=C\CCCCCCCCCCCCCCCCC(=O)OCC(COC(=O)CCCCCCC/C=C\CCCCCC)OC(=O)CCCCCCC/C=C\CCCCCC. The molecule has 0 aromatic rings. The van der Waals surface area contributed by atoms with Crippen molar-refractivity contribution in [2.75, 3.05) is 13.2 Å². The lowest BCUT2D eigenvalue weighted by molar-refractivity contribution is -0.167. The minimum atomic E-state index is -0.784. The third-order valence-electron chi connectivity index (χ3n) is 14.0. The number of rotatable bonds is 59. The van der Waals surface area contributed by atoms with Crippen LogP contribution in [0.3, 0.4) is 0 Å². The average molecular weight is 1070 g/mol. The summed E-state index contributed by atoms with van der Waals surface area (Å²) in [6.07, 6.45) is 87.1. The minimum Gasteiger partial charge on any atom is -0.462 e. The average Bonchev–Trinajstić information content (AvgIpc) is 3.43. The highest BCUT2D eigenvalue weighted by molar-refractivity contribution is 5.71. The van der Waals surface area contributed by atoms with Gasteiger partial charge in [0.2, 0.25) is 0 Å². The summed E-state index contributed by atoms with van der Waals surface area (Å²) in [5, 5.41) is 0. The predicted octanol–water partition coefficient (Wildman–Crippen LogP) is 22.4. The summed E-state index contributed by atoms with van der Waals surface area (Å²) in [5.41, 5.74) is 0. The molecule has 1 unspecified atom stereocenters. The molecule has 0 heterocycles. The molecule has 0 N–H and O–H groups in total. The third kappa shape index (κ3) is 63.0. The van der Waals surface area contributed by atoms with E-state index >= 15 is 0 Å². The molecule has 0 aliphatic heterocycles. The zero-order chi connectivity index (χ0) is 55.7. The first-order chi connectivity index (χ1) is 38.0. The van der Waals surface area contributed by atoms with Crippen molar-refractivity contribution in [3.8, 4) is 0 Å². The summed E-state index contributed by atoms with van der Waals surface area (Å²) in [6, 6.07) is 0. The van der Waals surface area contributed by atoms with Gasteiger partial charge in [0.05, 0.1) is 0 Å². The number of esters is 3. The molecule has 0 aromatic carbocycles. The number of allylic oxidation sites excluding steroid dienone is 16. The van der Waals surface area contributed by atoms with Gasteiger partial charge in [0.1, 0.15) is 13.2 Å². The van der Waals surface area contributed by atoms with Crippen LogP contribution in [-0.2, 0) is 28.6 Å². The van der Waals surface area contributed by atoms with E-state index < -0.39 is 6.10 Å². The number of unbranched alkanes of at least 4 members (excludes halogenated alkanes) is 32. The molecule has 0 rings (SSSR count). The highest BCUT2D eigenvalue weighted by atomic mass is 16.6. The maximum absolute atomic E-state index is 12.9. The van der Waals surface area contributed by atoms with E-state index in [1.54, 1.807) is 0 Å². The van der Waals surface area contributed by atoms with Gasteiger partial charge >= 0.3 is 17.9 Å². The number of hydrogen-bond acceptors (Lipinski definition) is 6. The number of carbonyl (C=O) groups is 3. The van der Waals surface area contributed by atoms with Gasteiger partial charge in [-0.2, -0.15) is 0 Å². The Labute approximate surface area is 477 Å². The van der Waals surface area contributed by atoms with Crippen molar-refractivity contribution in [2.24, 2.45) is 0 Å². The molecule has 0 aromatic heterocycles. The highest BCUT2D eigenvalue weighted by Crippen LogP contribution is 2.16. The fraction of sp³-hybridized carbons (Fsp3) is 0.732. The van der Waals surface area contributed by atoms with Crippen LogP contribution in [0.15, 0.2) is 97.2 Å². The monoisotopic (exact) mass is 1070 g/mol. The van der Waals surface area contributed by atoms with Crippen LogP contribution >= 0.6 is 0 Å². The van der Waals surface area contributed by atoms with Crippen molar-refractivity contribution < 1.29 is 28.6 Å². The first-order valence-corrected chi connectivity index (χ1v) is 32.7. The molecule has 0 aliphatic carbocycles. The molecule has 0 fully saturated rings. The van der Waals surface area contributed by atoms with Crippen LogP contribution in [0, 0.1) is 0 Å². The predicted molar refractivity (Wildman–Crippen MR) is 334 cm³/mol. The summed E-state index contributed by atoms with van der Waals surface area (Å²) in [5.74, 6) is -0.890. The van der Waals surface area contributed by atoms with Gasteiger partial charge in [-0.05, 0) is 122 Å². The normalized spacial score (nSPS) is 12.7. The Bertz CT molecular complexity index is 1510. The lowest BCUT2D eigenvalue weighted by Crippen LogP contribution is -2.30. The van der Waals surface area contributed by atoms with E-state index in [1.165, 1.54) is 161 Å². The second-order valence-electron chi connectivity index (χ2n) is 21.6. The van der Waals surface area contributed by atoms with E-state index in [0.29, 0.717) is 19.3 Å². The first kappa shape index (κ1) is 73.3. The molecule has 6 nitrogen and oxygen atoms in total. The molecular weight excluding hydrogens is 949 g/mol. The van der Waals surface area contributed by atoms with Crippen LogP contribution in [-0.4, -0.2) is 37.2 Å². The molecule has 0 saturated heterocycles. The van der Waals surface area contributed by atoms with Gasteiger partial charge in [-0.25, -0.2) is 0 Å². The van der Waals surface area contributed by atoms with Crippen molar-refractivity contribution in [1.29, 1.82) is 0 Å². The van der Waals surface area contributed by atoms with E-state index in [1.807, 2.05) is 0 Å². The summed E-state index contributed by atoms with van der Waals surface area (Å²) in [7, 11) is 0. The molecule has 0 radical (unpaired) electrons. The van der Waals surface area contributed by atoms with E-state index in [-0.39, 0.29) is 31.1 Å². The van der Waals surface area contributed by atoms with Gasteiger partial charge in [0, 0.05) is 19.3 Å². The highest BCUT2D eigenvalue weighted by Gasteiger charge is 2.19. The Morgan fingerprint density at radius 2 is 0.506 bits per heavy atom. The lowest BCUT2D eigenvalue weighted by atomic mass is 10.0. The Kier molecular flexibility index (Phi) is 61.8. The topological polar surface area (TPSA) is 78.9 Å². The van der Waals surface area contributed by atoms with Gasteiger partial charge in [-0.3, -0.25) is 14.4 Å². The fourth-order valence-electron chi connectivity index (χ4n) is 9.14. The largest absolute Gasteiger partial charge is 0.462 e. The zero-order valence-corrected chi connectivity index (χ0v) is 50.7. The van der Waals surface area contributed by atoms with Crippen LogP contribution in [0.5, 0.6) is 0 Å². The summed E-state index contributed by atoms with van der Waals surface area (Å²) < 4.78 is 16.9. The summed E-state index contributed by atoms with van der Waals surface area (Å²) in [4.78, 5) is 38.2. The number of carbonyl (C=O) groups excluding carboxylic acids is 3. The number of hydrogen-bond donors (Lipinski definition) is 0. The lowest BCUT2D eigenvalue weighted by Gasteiger charge is -2.18. The molecule has 0 saturated carbocycles. The van der Waals surface area contributed by atoms with Gasteiger partial charge in [-0.15, -0.1) is 0 Å². The number of ether oxygens (including phenoxy) is 3. The molecule has 0 aliphatic rings. The van der Waals surface area contributed by atoms with E-state index in [4.69, 9.17) is 14.2 Å². The second kappa shape index (κ2) is 64.9. The minimum absolute atomic E-state index is 0.0811. The van der Waals surface area contributed by atoms with Crippen LogP contribution in [0.2, 0.25) is 0 Å². The van der Waals surface area contributed by atoms with Crippen LogP contribution in [0.25, 0.3) is 0 Å². The quantitative estimate of drug-likeness (QED) is 0.0261. The maximum Gasteiger partial charge on any atom is 0.306 e. The van der Waals surface area contributed by atoms with Gasteiger partial charge < -0.3 is 14.2 Å². The van der Waals surface area contributed by atoms with Gasteiger partial charge in [-0.1, -0.05) is 272 Å². The Morgan fingerprint density at radius 1 is 0.273 bits per heavy atom. The summed E-state index contributed by atoms with van der Waals surface area (Å²) >= 11 is 0. The van der Waals surface area contributed by atoms with Crippen molar-refractivity contribution >= 4 is 17.9 Å². The molecular formula is C71H122O6. The van der Waals surface area contributed by atoms with E-state index in [2.05, 4.69) is 118 Å². The van der Waals surface area contributed by atoms with Gasteiger partial charge in [0.25, 0.3) is 0 Å². The van der Waals surface area contributed by atoms with Crippen LogP contribution in [0.1, 0.15) is 316 Å². The molecule has 0 spiro atoms. The fourth-order valence-corrected chi connectivity index (χ4v) is 9.14. The molecule has 0 amide bonds. The standard InChI is InChI=1S/C71H122O6/c1-4-7-10-13-16-19-22-25-26-27-28-29-30-31-32-33-34-35-36-37-38-39-40-41-42-43-44-47-49-52-55-58-61-64-70(73)76-67-68(77-71(74)65-62-59-56-53-50-46-24-21-18-15-12-9-6-3)66-75-69(72)63-60-57-54-51-48-45-23-20-17-14-11-8-5-2/h7,10,16,19-21,23-26,28-29,31-32,34-35,68H,4-6,8-9,11-15,17-18,22,27,30,33,36-67H2,1-3H3/b10-7-,19-16-,23-20-,24-21-,26-25-,29-28-,32-31-,35-34-. The Morgan fingerprint density at radius 3 is 0.805 bits per heavy atom. The smallest absolute Gasteiger partial charge is 0.306 e. The third-order valence-corrected chi connectivity index (χ3v) is 14.0. The van der Waals surface area contributed by atoms with Crippen molar-refractivity contribution in [1.82, 2.24) is 0 Å². The van der Waals surface area contributed by atoms with E-state index in [0.717, 1.165) is 116 Å². The molecule has 0 bridgehead atoms. The Balaban J connectivity index is 4.16. The second-order valence-corrected chi connectivity index (χ2v) is 21.6. The van der Waals surface area contributed by atoms with Crippen LogP contribution < -0.4 is 0 Å². The van der Waals surface area contributed by atoms with Crippen LogP contribution in [0.4, 0.5) is 0 Å². The van der Waals surface area contributed by atoms with Gasteiger partial charge in [0.15, 0.2) is 6.10 Å².